The molecule has 2 aromatic carbocycles. The smallest absolute Gasteiger partial charge is 0.241 e. The topological polar surface area (TPSA) is 75.4 Å². The van der Waals surface area contributed by atoms with E-state index in [-0.39, 0.29) is 24.8 Å². The molecule has 3 N–H and O–H groups in total. The molecular formula is C22H27N3O2. The van der Waals surface area contributed by atoms with E-state index in [2.05, 4.69) is 29.6 Å². The van der Waals surface area contributed by atoms with Crippen molar-refractivity contribution >= 4 is 17.5 Å². The van der Waals surface area contributed by atoms with Crippen molar-refractivity contribution in [1.29, 1.82) is 0 Å². The summed E-state index contributed by atoms with van der Waals surface area (Å²) in [5.41, 5.74) is 8.56. The summed E-state index contributed by atoms with van der Waals surface area (Å²) in [4.78, 5) is 26.3. The number of carbonyl (C=O) groups excluding carboxylic acids is 2. The molecule has 0 atom stereocenters. The lowest BCUT2D eigenvalue weighted by Gasteiger charge is -2.32. The molecule has 1 saturated heterocycles. The molecule has 1 heterocycles. The number of nitrogens with one attached hydrogen (secondary N) is 1. The molecule has 0 unspecified atom stereocenters. The number of likely N-dealkylation sites (tertiary alicyclic amines) is 1. The Labute approximate surface area is 160 Å². The highest BCUT2D eigenvalue weighted by Crippen LogP contribution is 2.21. The average molecular weight is 365 g/mol. The second-order valence-corrected chi connectivity index (χ2v) is 7.21. The SMILES string of the molecule is Nc1ccc(CC(=O)NCC(=O)N2CCC(Cc3ccccc3)CC2)cc1. The van der Waals surface area contributed by atoms with E-state index in [4.69, 9.17) is 5.73 Å². The Bertz CT molecular complexity index is 751. The third-order valence-electron chi connectivity index (χ3n) is 5.12. The van der Waals surface area contributed by atoms with Crippen molar-refractivity contribution in [1.82, 2.24) is 10.2 Å². The minimum atomic E-state index is -0.146. The molecule has 1 aliphatic rings. The van der Waals surface area contributed by atoms with E-state index in [1.165, 1.54) is 5.56 Å². The van der Waals surface area contributed by atoms with Crippen molar-refractivity contribution in [2.24, 2.45) is 5.92 Å². The summed E-state index contributed by atoms with van der Waals surface area (Å²) in [5.74, 6) is 0.475. The number of nitrogen functional groups attached to an aromatic ring is 1. The summed E-state index contributed by atoms with van der Waals surface area (Å²) in [5, 5.41) is 2.73. The number of piperidine rings is 1. The van der Waals surface area contributed by atoms with E-state index in [9.17, 15) is 9.59 Å². The average Bonchev–Trinajstić information content (AvgIpc) is 2.69. The molecule has 0 radical (unpaired) electrons. The van der Waals surface area contributed by atoms with Gasteiger partial charge in [-0.05, 0) is 48.4 Å². The lowest BCUT2D eigenvalue weighted by molar-refractivity contribution is -0.133. The third kappa shape index (κ3) is 5.84. The van der Waals surface area contributed by atoms with Crippen molar-refractivity contribution in [3.05, 3.63) is 65.7 Å². The molecule has 2 aromatic rings. The molecule has 142 valence electrons. The Balaban J connectivity index is 1.37. The highest BCUT2D eigenvalue weighted by atomic mass is 16.2. The Morgan fingerprint density at radius 1 is 0.963 bits per heavy atom. The fourth-order valence-corrected chi connectivity index (χ4v) is 3.50. The second-order valence-electron chi connectivity index (χ2n) is 7.21. The number of hydrogen-bond donors (Lipinski definition) is 2. The van der Waals surface area contributed by atoms with Crippen molar-refractivity contribution in [2.45, 2.75) is 25.7 Å². The summed E-state index contributed by atoms with van der Waals surface area (Å²) in [6.45, 7) is 1.60. The van der Waals surface area contributed by atoms with Gasteiger partial charge in [-0.2, -0.15) is 0 Å². The molecule has 0 aromatic heterocycles. The maximum Gasteiger partial charge on any atom is 0.241 e. The summed E-state index contributed by atoms with van der Waals surface area (Å²) in [6.07, 6.45) is 3.36. The predicted octanol–water partition coefficient (Wildman–Crippen LogP) is 2.41. The molecule has 3 rings (SSSR count). The van der Waals surface area contributed by atoms with Crippen molar-refractivity contribution in [3.8, 4) is 0 Å². The van der Waals surface area contributed by atoms with Gasteiger partial charge < -0.3 is 16.0 Å². The molecule has 0 spiro atoms. The highest BCUT2D eigenvalue weighted by molar-refractivity contribution is 5.85. The van der Waals surface area contributed by atoms with Crippen LogP contribution in [0.25, 0.3) is 0 Å². The molecule has 1 fully saturated rings. The normalized spacial score (nSPS) is 14.7. The van der Waals surface area contributed by atoms with Gasteiger partial charge in [0.1, 0.15) is 0 Å². The number of carbonyl (C=O) groups is 2. The van der Waals surface area contributed by atoms with Crippen LogP contribution in [0.4, 0.5) is 5.69 Å². The van der Waals surface area contributed by atoms with E-state index >= 15 is 0 Å². The van der Waals surface area contributed by atoms with Crippen LogP contribution in [0.3, 0.4) is 0 Å². The van der Waals surface area contributed by atoms with Crippen LogP contribution in [0.5, 0.6) is 0 Å². The standard InChI is InChI=1S/C22H27N3O2/c23-20-8-6-18(7-9-20)15-21(26)24-16-22(27)25-12-10-19(11-13-25)14-17-4-2-1-3-5-17/h1-9,19H,10-16,23H2,(H,24,26). The van der Waals surface area contributed by atoms with E-state index in [1.54, 1.807) is 12.1 Å². The number of anilines is 1. The van der Waals surface area contributed by atoms with Crippen LogP contribution in [0.1, 0.15) is 24.0 Å². The summed E-state index contributed by atoms with van der Waals surface area (Å²) >= 11 is 0. The molecule has 1 aliphatic heterocycles. The second kappa shape index (κ2) is 9.21. The molecular weight excluding hydrogens is 338 g/mol. The minimum absolute atomic E-state index is 0.00110. The number of nitrogens with two attached hydrogens (primary N) is 1. The quantitative estimate of drug-likeness (QED) is 0.772. The minimum Gasteiger partial charge on any atom is -0.399 e. The van der Waals surface area contributed by atoms with Crippen LogP contribution >= 0.6 is 0 Å². The van der Waals surface area contributed by atoms with Crippen LogP contribution in [0.2, 0.25) is 0 Å². The van der Waals surface area contributed by atoms with Crippen LogP contribution in [-0.4, -0.2) is 36.3 Å². The van der Waals surface area contributed by atoms with Crippen molar-refractivity contribution < 1.29 is 9.59 Å². The summed E-state index contributed by atoms with van der Waals surface area (Å²) in [7, 11) is 0. The van der Waals surface area contributed by atoms with Crippen LogP contribution in [0.15, 0.2) is 54.6 Å². The summed E-state index contributed by atoms with van der Waals surface area (Å²) in [6, 6.07) is 17.7. The first-order valence-electron chi connectivity index (χ1n) is 9.53. The van der Waals surface area contributed by atoms with Gasteiger partial charge in [0, 0.05) is 18.8 Å². The van der Waals surface area contributed by atoms with E-state index in [0.717, 1.165) is 37.9 Å². The first-order valence-corrected chi connectivity index (χ1v) is 9.53. The van der Waals surface area contributed by atoms with Gasteiger partial charge in [-0.3, -0.25) is 9.59 Å². The van der Waals surface area contributed by atoms with Gasteiger partial charge in [-0.1, -0.05) is 42.5 Å². The number of benzene rings is 2. The highest BCUT2D eigenvalue weighted by Gasteiger charge is 2.23. The molecule has 2 amide bonds. The molecule has 0 aliphatic carbocycles. The lowest BCUT2D eigenvalue weighted by atomic mass is 9.90. The first kappa shape index (κ1) is 19.0. The first-order chi connectivity index (χ1) is 13.1. The lowest BCUT2D eigenvalue weighted by Crippen LogP contribution is -2.44. The van der Waals surface area contributed by atoms with Crippen LogP contribution in [-0.2, 0) is 22.4 Å². The molecule has 5 heteroatoms. The number of nitrogens with zero attached hydrogens (tertiary/aromatic N) is 1. The number of rotatable bonds is 6. The van der Waals surface area contributed by atoms with Gasteiger partial charge in [0.2, 0.25) is 11.8 Å². The predicted molar refractivity (Wildman–Crippen MR) is 107 cm³/mol. The Kier molecular flexibility index (Phi) is 6.47. The van der Waals surface area contributed by atoms with Gasteiger partial charge in [-0.25, -0.2) is 0 Å². The molecule has 0 bridgehead atoms. The molecule has 0 saturated carbocycles. The Morgan fingerprint density at radius 2 is 1.63 bits per heavy atom. The van der Waals surface area contributed by atoms with Gasteiger partial charge in [0.25, 0.3) is 0 Å². The molecule has 27 heavy (non-hydrogen) atoms. The van der Waals surface area contributed by atoms with E-state index in [0.29, 0.717) is 11.6 Å². The fraction of sp³-hybridized carbons (Fsp3) is 0.364. The van der Waals surface area contributed by atoms with E-state index < -0.39 is 0 Å². The zero-order valence-corrected chi connectivity index (χ0v) is 15.6. The fourth-order valence-electron chi connectivity index (χ4n) is 3.50. The largest absolute Gasteiger partial charge is 0.399 e. The zero-order valence-electron chi connectivity index (χ0n) is 15.6. The van der Waals surface area contributed by atoms with Crippen LogP contribution < -0.4 is 11.1 Å². The molecule has 5 nitrogen and oxygen atoms in total. The van der Waals surface area contributed by atoms with Gasteiger partial charge in [0.05, 0.1) is 13.0 Å². The van der Waals surface area contributed by atoms with Gasteiger partial charge >= 0.3 is 0 Å². The maximum atomic E-state index is 12.4. The van der Waals surface area contributed by atoms with Crippen LogP contribution in [0, 0.1) is 5.92 Å². The number of amides is 2. The van der Waals surface area contributed by atoms with Crippen molar-refractivity contribution in [2.75, 3.05) is 25.4 Å². The van der Waals surface area contributed by atoms with Gasteiger partial charge in [0.15, 0.2) is 0 Å². The Morgan fingerprint density at radius 3 is 2.30 bits per heavy atom. The zero-order chi connectivity index (χ0) is 19.1. The maximum absolute atomic E-state index is 12.4. The summed E-state index contributed by atoms with van der Waals surface area (Å²) < 4.78 is 0. The Hall–Kier alpha value is -2.82. The third-order valence-corrected chi connectivity index (χ3v) is 5.12. The monoisotopic (exact) mass is 365 g/mol. The van der Waals surface area contributed by atoms with Gasteiger partial charge in [-0.15, -0.1) is 0 Å². The van der Waals surface area contributed by atoms with E-state index in [1.807, 2.05) is 23.1 Å². The number of hydrogen-bond acceptors (Lipinski definition) is 3. The van der Waals surface area contributed by atoms with Crippen molar-refractivity contribution in [3.63, 3.8) is 0 Å².